The quantitative estimate of drug-likeness (QED) is 0.0390. The molecule has 0 radical (unpaired) electrons. The number of amides is 1. The molecule has 4 N–H and O–H groups in total. The molecule has 1 amide bonds. The molecule has 0 rings (SSSR count). The molecule has 5 heteroatoms. The molecule has 0 aliphatic carbocycles. The van der Waals surface area contributed by atoms with Crippen LogP contribution in [0.15, 0.2) is 12.2 Å². The number of nitrogens with one attached hydrogen (secondary N) is 1. The van der Waals surface area contributed by atoms with Crippen molar-refractivity contribution in [1.82, 2.24) is 5.32 Å². The molecule has 3 atom stereocenters. The van der Waals surface area contributed by atoms with Crippen molar-refractivity contribution in [2.75, 3.05) is 6.61 Å². The van der Waals surface area contributed by atoms with E-state index >= 15 is 0 Å². The second-order valence-electron chi connectivity index (χ2n) is 14.6. The maximum absolute atomic E-state index is 12.4. The van der Waals surface area contributed by atoms with Crippen molar-refractivity contribution in [2.45, 2.75) is 244 Å². The molecule has 280 valence electrons. The fourth-order valence-corrected chi connectivity index (χ4v) is 6.54. The van der Waals surface area contributed by atoms with Crippen molar-refractivity contribution in [2.24, 2.45) is 0 Å². The zero-order chi connectivity index (χ0) is 34.5. The van der Waals surface area contributed by atoms with Gasteiger partial charge in [0, 0.05) is 0 Å². The summed E-state index contributed by atoms with van der Waals surface area (Å²) in [6, 6.07) is -0.791. The van der Waals surface area contributed by atoms with Gasteiger partial charge < -0.3 is 20.6 Å². The van der Waals surface area contributed by atoms with E-state index in [-0.39, 0.29) is 6.61 Å². The standard InChI is InChI=1S/C42H83NO4/c1-3-5-7-9-11-13-15-16-17-18-19-20-21-22-23-24-25-27-28-30-32-34-36-40(45)39(38-44)43-42(47)41(46)37-35-33-31-29-26-14-12-10-8-6-4-2/h34,36,39-41,44-46H,3-33,35,37-38H2,1-2H3,(H,43,47)/b36-34+. The normalized spacial score (nSPS) is 13.7. The van der Waals surface area contributed by atoms with E-state index in [2.05, 4.69) is 19.2 Å². The molecule has 0 aromatic heterocycles. The third-order valence-corrected chi connectivity index (χ3v) is 9.88. The summed E-state index contributed by atoms with van der Waals surface area (Å²) >= 11 is 0. The van der Waals surface area contributed by atoms with Gasteiger partial charge in [0.2, 0.25) is 5.91 Å². The van der Waals surface area contributed by atoms with E-state index in [0.717, 1.165) is 32.1 Å². The minimum Gasteiger partial charge on any atom is -0.394 e. The number of carbonyl (C=O) groups is 1. The maximum atomic E-state index is 12.4. The highest BCUT2D eigenvalue weighted by Gasteiger charge is 2.22. The highest BCUT2D eigenvalue weighted by molar-refractivity contribution is 5.80. The van der Waals surface area contributed by atoms with Gasteiger partial charge in [0.1, 0.15) is 6.10 Å². The number of aliphatic hydroxyl groups excluding tert-OH is 3. The summed E-state index contributed by atoms with van der Waals surface area (Å²) in [4.78, 5) is 12.4. The minimum atomic E-state index is -1.09. The van der Waals surface area contributed by atoms with Gasteiger partial charge in [-0.3, -0.25) is 4.79 Å². The Bertz CT molecular complexity index is 655. The summed E-state index contributed by atoms with van der Waals surface area (Å²) in [5.74, 6) is -0.502. The third-order valence-electron chi connectivity index (χ3n) is 9.88. The molecule has 0 aromatic carbocycles. The number of unbranched alkanes of at least 4 members (excludes halogenated alkanes) is 30. The Hall–Kier alpha value is -0.910. The van der Waals surface area contributed by atoms with Crippen LogP contribution in [0, 0.1) is 0 Å². The molecule has 0 spiro atoms. The maximum Gasteiger partial charge on any atom is 0.249 e. The van der Waals surface area contributed by atoms with E-state index in [0.29, 0.717) is 6.42 Å². The average molecular weight is 666 g/mol. The highest BCUT2D eigenvalue weighted by atomic mass is 16.3. The molecule has 5 nitrogen and oxygen atoms in total. The first-order chi connectivity index (χ1) is 23.1. The second-order valence-corrected chi connectivity index (χ2v) is 14.6. The SMILES string of the molecule is CCCCCCCCCCCCCCCCCCCCCC/C=C/C(O)C(CO)NC(=O)C(O)CCCCCCCCCCCCC. The van der Waals surface area contributed by atoms with Crippen molar-refractivity contribution in [3.63, 3.8) is 0 Å². The van der Waals surface area contributed by atoms with Gasteiger partial charge in [0.15, 0.2) is 0 Å². The number of hydrogen-bond acceptors (Lipinski definition) is 4. The summed E-state index contributed by atoms with van der Waals surface area (Å²) in [5, 5.41) is 33.0. The van der Waals surface area contributed by atoms with Gasteiger partial charge >= 0.3 is 0 Å². The Labute approximate surface area is 293 Å². The molecule has 3 unspecified atom stereocenters. The van der Waals surface area contributed by atoms with E-state index in [9.17, 15) is 20.1 Å². The van der Waals surface area contributed by atoms with Crippen LogP contribution in [-0.2, 0) is 4.79 Å². The highest BCUT2D eigenvalue weighted by Crippen LogP contribution is 2.16. The van der Waals surface area contributed by atoms with Gasteiger partial charge in [-0.1, -0.05) is 219 Å². The molecule has 0 aromatic rings. The lowest BCUT2D eigenvalue weighted by atomic mass is 10.0. The molecule has 0 bridgehead atoms. The van der Waals surface area contributed by atoms with E-state index in [1.54, 1.807) is 6.08 Å². The molecule has 0 fully saturated rings. The fourth-order valence-electron chi connectivity index (χ4n) is 6.54. The number of allylic oxidation sites excluding steroid dienone is 1. The predicted octanol–water partition coefficient (Wildman–Crippen LogP) is 11.7. The number of rotatable bonds is 38. The first-order valence-electron chi connectivity index (χ1n) is 21.0. The zero-order valence-electron chi connectivity index (χ0n) is 31.7. The first kappa shape index (κ1) is 46.1. The first-order valence-corrected chi connectivity index (χ1v) is 21.0. The topological polar surface area (TPSA) is 89.8 Å². The molecule has 0 saturated carbocycles. The Balaban J connectivity index is 3.62. The van der Waals surface area contributed by atoms with Crippen molar-refractivity contribution in [1.29, 1.82) is 0 Å². The molecule has 0 aliphatic heterocycles. The van der Waals surface area contributed by atoms with Crippen LogP contribution < -0.4 is 5.32 Å². The van der Waals surface area contributed by atoms with E-state index in [1.807, 2.05) is 6.08 Å². The van der Waals surface area contributed by atoms with E-state index < -0.39 is 24.2 Å². The van der Waals surface area contributed by atoms with Crippen LogP contribution in [0.2, 0.25) is 0 Å². The molecule has 0 saturated heterocycles. The lowest BCUT2D eigenvalue weighted by molar-refractivity contribution is -0.131. The summed E-state index contributed by atoms with van der Waals surface area (Å²) in [6.07, 6.45) is 43.9. The second kappa shape index (κ2) is 37.9. The van der Waals surface area contributed by atoms with Crippen LogP contribution in [0.5, 0.6) is 0 Å². The van der Waals surface area contributed by atoms with Crippen LogP contribution >= 0.6 is 0 Å². The van der Waals surface area contributed by atoms with Gasteiger partial charge in [-0.2, -0.15) is 0 Å². The lowest BCUT2D eigenvalue weighted by Crippen LogP contribution is -2.48. The van der Waals surface area contributed by atoms with E-state index in [4.69, 9.17) is 0 Å². The number of hydrogen-bond donors (Lipinski definition) is 4. The number of carbonyl (C=O) groups excluding carboxylic acids is 1. The predicted molar refractivity (Wildman–Crippen MR) is 204 cm³/mol. The zero-order valence-corrected chi connectivity index (χ0v) is 31.7. The van der Waals surface area contributed by atoms with Gasteiger partial charge in [-0.15, -0.1) is 0 Å². The van der Waals surface area contributed by atoms with Gasteiger partial charge in [-0.05, 0) is 19.3 Å². The Morgan fingerprint density at radius 1 is 0.511 bits per heavy atom. The van der Waals surface area contributed by atoms with Crippen molar-refractivity contribution < 1.29 is 20.1 Å². The van der Waals surface area contributed by atoms with Gasteiger partial charge in [0.25, 0.3) is 0 Å². The molecule has 0 heterocycles. The summed E-state index contributed by atoms with van der Waals surface area (Å²) in [5.41, 5.74) is 0. The minimum absolute atomic E-state index is 0.359. The molecular formula is C42H83NO4. The van der Waals surface area contributed by atoms with Crippen LogP contribution in [0.3, 0.4) is 0 Å². The largest absolute Gasteiger partial charge is 0.394 e. The summed E-state index contributed by atoms with van der Waals surface area (Å²) in [6.45, 7) is 4.17. The van der Waals surface area contributed by atoms with Crippen molar-refractivity contribution >= 4 is 5.91 Å². The summed E-state index contributed by atoms with van der Waals surface area (Å²) < 4.78 is 0. The molecule has 0 aliphatic rings. The molecular weight excluding hydrogens is 582 g/mol. The van der Waals surface area contributed by atoms with Crippen LogP contribution in [-0.4, -0.2) is 46.1 Å². The number of aliphatic hydroxyl groups is 3. The monoisotopic (exact) mass is 666 g/mol. The Morgan fingerprint density at radius 2 is 0.830 bits per heavy atom. The van der Waals surface area contributed by atoms with Gasteiger partial charge in [-0.25, -0.2) is 0 Å². The van der Waals surface area contributed by atoms with Crippen LogP contribution in [0.1, 0.15) is 226 Å². The van der Waals surface area contributed by atoms with Crippen molar-refractivity contribution in [3.05, 3.63) is 12.2 Å². The average Bonchev–Trinajstić information content (AvgIpc) is 3.07. The lowest BCUT2D eigenvalue weighted by Gasteiger charge is -2.21. The summed E-state index contributed by atoms with van der Waals surface area (Å²) in [7, 11) is 0. The smallest absolute Gasteiger partial charge is 0.249 e. The Kier molecular flexibility index (Phi) is 37.2. The van der Waals surface area contributed by atoms with Gasteiger partial charge in [0.05, 0.1) is 18.8 Å². The molecule has 47 heavy (non-hydrogen) atoms. The fraction of sp³-hybridized carbons (Fsp3) is 0.929. The third kappa shape index (κ3) is 33.4. The Morgan fingerprint density at radius 3 is 1.17 bits per heavy atom. The van der Waals surface area contributed by atoms with E-state index in [1.165, 1.54) is 173 Å². The van der Waals surface area contributed by atoms with Crippen LogP contribution in [0.4, 0.5) is 0 Å². The van der Waals surface area contributed by atoms with Crippen molar-refractivity contribution in [3.8, 4) is 0 Å². The van der Waals surface area contributed by atoms with Crippen LogP contribution in [0.25, 0.3) is 0 Å².